The Morgan fingerprint density at radius 2 is 1.85 bits per heavy atom. The Morgan fingerprint density at radius 1 is 1.05 bits per heavy atom. The van der Waals surface area contributed by atoms with Crippen LogP contribution in [0.25, 0.3) is 0 Å². The Morgan fingerprint density at radius 3 is 2.60 bits per heavy atom. The van der Waals surface area contributed by atoms with Crippen LogP contribution < -0.4 is 10.2 Å². The molecule has 3 rings (SSSR count). The van der Waals surface area contributed by atoms with Gasteiger partial charge in [-0.15, -0.1) is 11.3 Å². The maximum Gasteiger partial charge on any atom is 0.0702 e. The Kier molecular flexibility index (Phi) is 4.63. The highest BCUT2D eigenvalue weighted by Crippen LogP contribution is 2.29. The lowest BCUT2D eigenvalue weighted by atomic mass is 10.1. The lowest BCUT2D eigenvalue weighted by Crippen LogP contribution is -2.30. The molecule has 0 radical (unpaired) electrons. The maximum absolute atomic E-state index is 3.59. The summed E-state index contributed by atoms with van der Waals surface area (Å²) in [4.78, 5) is 3.86. The molecule has 1 aliphatic heterocycles. The average Bonchev–Trinajstić information content (AvgIpc) is 2.92. The largest absolute Gasteiger partial charge is 0.378 e. The smallest absolute Gasteiger partial charge is 0.0702 e. The molecule has 1 aromatic heterocycles. The molecule has 0 spiro atoms. The highest BCUT2D eigenvalue weighted by molar-refractivity contribution is 9.11. The van der Waals surface area contributed by atoms with Crippen molar-refractivity contribution in [1.82, 2.24) is 0 Å². The summed E-state index contributed by atoms with van der Waals surface area (Å²) >= 11 is 5.31. The first-order chi connectivity index (χ1) is 9.83. The second kappa shape index (κ2) is 6.64. The molecule has 0 amide bonds. The normalized spacial score (nSPS) is 15.3. The van der Waals surface area contributed by atoms with E-state index in [1.807, 2.05) is 0 Å². The van der Waals surface area contributed by atoms with Gasteiger partial charge in [0.25, 0.3) is 0 Å². The fourth-order valence-electron chi connectivity index (χ4n) is 2.66. The van der Waals surface area contributed by atoms with Crippen molar-refractivity contribution < 1.29 is 0 Å². The first kappa shape index (κ1) is 14.0. The average molecular weight is 351 g/mol. The van der Waals surface area contributed by atoms with Crippen molar-refractivity contribution in [2.75, 3.05) is 23.3 Å². The summed E-state index contributed by atoms with van der Waals surface area (Å²) in [5, 5.41) is 3.59. The van der Waals surface area contributed by atoms with Gasteiger partial charge in [-0.25, -0.2) is 0 Å². The zero-order valence-corrected chi connectivity index (χ0v) is 13.8. The van der Waals surface area contributed by atoms with Gasteiger partial charge in [-0.05, 0) is 59.5 Å². The predicted octanol–water partition coefficient (Wildman–Crippen LogP) is 5.11. The molecule has 1 saturated heterocycles. The summed E-state index contributed by atoms with van der Waals surface area (Å²) in [7, 11) is 0. The molecule has 20 heavy (non-hydrogen) atoms. The van der Waals surface area contributed by atoms with Crippen molar-refractivity contribution in [3.8, 4) is 0 Å². The molecule has 1 fully saturated rings. The zero-order chi connectivity index (χ0) is 13.8. The van der Waals surface area contributed by atoms with Gasteiger partial charge >= 0.3 is 0 Å². The van der Waals surface area contributed by atoms with Crippen LogP contribution in [0, 0.1) is 0 Å². The van der Waals surface area contributed by atoms with Gasteiger partial charge in [-0.3, -0.25) is 0 Å². The molecule has 1 aromatic carbocycles. The van der Waals surface area contributed by atoms with Gasteiger partial charge in [0.2, 0.25) is 0 Å². The van der Waals surface area contributed by atoms with Gasteiger partial charge in [-0.2, -0.15) is 0 Å². The molecule has 2 heterocycles. The van der Waals surface area contributed by atoms with Crippen molar-refractivity contribution in [1.29, 1.82) is 0 Å². The van der Waals surface area contributed by atoms with Gasteiger partial charge in [0.15, 0.2) is 0 Å². The van der Waals surface area contributed by atoms with Crippen LogP contribution in [0.4, 0.5) is 11.4 Å². The molecule has 0 atom stereocenters. The van der Waals surface area contributed by atoms with Crippen LogP contribution in [-0.4, -0.2) is 13.1 Å². The van der Waals surface area contributed by atoms with Crippen molar-refractivity contribution in [2.24, 2.45) is 0 Å². The Bertz CT molecular complexity index is 561. The van der Waals surface area contributed by atoms with E-state index in [9.17, 15) is 0 Å². The summed E-state index contributed by atoms with van der Waals surface area (Å²) < 4.78 is 1.19. The number of para-hydroxylation sites is 2. The molecule has 0 unspecified atom stereocenters. The van der Waals surface area contributed by atoms with E-state index in [0.717, 1.165) is 6.54 Å². The van der Waals surface area contributed by atoms with E-state index < -0.39 is 0 Å². The van der Waals surface area contributed by atoms with Crippen molar-refractivity contribution in [3.63, 3.8) is 0 Å². The Hall–Kier alpha value is -1.00. The van der Waals surface area contributed by atoms with Crippen molar-refractivity contribution >= 4 is 38.6 Å². The first-order valence-corrected chi connectivity index (χ1v) is 8.76. The van der Waals surface area contributed by atoms with E-state index in [-0.39, 0.29) is 0 Å². The standard InChI is InChI=1S/C16H19BrN2S/c17-16-9-8-13(20-16)12-18-14-6-2-3-7-15(14)19-10-4-1-5-11-19/h2-3,6-9,18H,1,4-5,10-12H2. The van der Waals surface area contributed by atoms with Crippen LogP contribution >= 0.6 is 27.3 Å². The van der Waals surface area contributed by atoms with Gasteiger partial charge in [0, 0.05) is 24.5 Å². The second-order valence-electron chi connectivity index (χ2n) is 5.12. The van der Waals surface area contributed by atoms with E-state index >= 15 is 0 Å². The molecule has 2 nitrogen and oxygen atoms in total. The Labute approximate surface area is 132 Å². The summed E-state index contributed by atoms with van der Waals surface area (Å²) in [6.07, 6.45) is 3.99. The molecule has 0 saturated carbocycles. The third-order valence-corrected chi connectivity index (χ3v) is 5.31. The minimum absolute atomic E-state index is 0.890. The first-order valence-electron chi connectivity index (χ1n) is 7.15. The highest BCUT2D eigenvalue weighted by Gasteiger charge is 2.13. The fourth-order valence-corrected chi connectivity index (χ4v) is 4.09. The zero-order valence-electron chi connectivity index (χ0n) is 11.4. The fraction of sp³-hybridized carbons (Fsp3) is 0.375. The number of benzene rings is 1. The van der Waals surface area contributed by atoms with E-state index in [4.69, 9.17) is 0 Å². The number of hydrogen-bond donors (Lipinski definition) is 1. The van der Waals surface area contributed by atoms with Gasteiger partial charge < -0.3 is 10.2 Å². The predicted molar refractivity (Wildman–Crippen MR) is 91.9 cm³/mol. The number of nitrogens with zero attached hydrogens (tertiary/aromatic N) is 1. The Balaban J connectivity index is 1.72. The second-order valence-corrected chi connectivity index (χ2v) is 7.67. The van der Waals surface area contributed by atoms with Crippen LogP contribution in [0.3, 0.4) is 0 Å². The third-order valence-electron chi connectivity index (χ3n) is 3.68. The molecular formula is C16H19BrN2S. The number of piperidine rings is 1. The van der Waals surface area contributed by atoms with Crippen LogP contribution in [0.5, 0.6) is 0 Å². The van der Waals surface area contributed by atoms with Crippen LogP contribution in [0.1, 0.15) is 24.1 Å². The molecule has 1 aliphatic rings. The van der Waals surface area contributed by atoms with E-state index in [2.05, 4.69) is 62.5 Å². The van der Waals surface area contributed by atoms with Crippen LogP contribution in [-0.2, 0) is 6.54 Å². The highest BCUT2D eigenvalue weighted by atomic mass is 79.9. The molecule has 0 bridgehead atoms. The minimum Gasteiger partial charge on any atom is -0.378 e. The monoisotopic (exact) mass is 350 g/mol. The summed E-state index contributed by atoms with van der Waals surface area (Å²) in [6.45, 7) is 3.26. The van der Waals surface area contributed by atoms with Gasteiger partial charge in [0.05, 0.1) is 15.2 Å². The van der Waals surface area contributed by atoms with E-state index in [1.165, 1.54) is 52.4 Å². The summed E-state index contributed by atoms with van der Waals surface area (Å²) in [5.74, 6) is 0. The third kappa shape index (κ3) is 3.36. The SMILES string of the molecule is Brc1ccc(CNc2ccccc2N2CCCCC2)s1. The minimum atomic E-state index is 0.890. The lowest BCUT2D eigenvalue weighted by molar-refractivity contribution is 0.578. The molecule has 1 N–H and O–H groups in total. The number of halogens is 1. The molecule has 4 heteroatoms. The van der Waals surface area contributed by atoms with Crippen molar-refractivity contribution in [3.05, 3.63) is 45.1 Å². The molecular weight excluding hydrogens is 332 g/mol. The number of nitrogens with one attached hydrogen (secondary N) is 1. The van der Waals surface area contributed by atoms with Gasteiger partial charge in [0.1, 0.15) is 0 Å². The topological polar surface area (TPSA) is 15.3 Å². The van der Waals surface area contributed by atoms with E-state index in [1.54, 1.807) is 11.3 Å². The van der Waals surface area contributed by atoms with Crippen molar-refractivity contribution in [2.45, 2.75) is 25.8 Å². The van der Waals surface area contributed by atoms with Crippen LogP contribution in [0.2, 0.25) is 0 Å². The van der Waals surface area contributed by atoms with Crippen LogP contribution in [0.15, 0.2) is 40.2 Å². The molecule has 106 valence electrons. The maximum atomic E-state index is 3.59. The number of anilines is 2. The summed E-state index contributed by atoms with van der Waals surface area (Å²) in [6, 6.07) is 12.9. The summed E-state index contributed by atoms with van der Waals surface area (Å²) in [5.41, 5.74) is 2.60. The number of hydrogen-bond acceptors (Lipinski definition) is 3. The quantitative estimate of drug-likeness (QED) is 0.823. The molecule has 2 aromatic rings. The lowest BCUT2D eigenvalue weighted by Gasteiger charge is -2.30. The van der Waals surface area contributed by atoms with E-state index in [0.29, 0.717) is 0 Å². The van der Waals surface area contributed by atoms with Gasteiger partial charge in [-0.1, -0.05) is 12.1 Å². The number of thiophene rings is 1. The molecule has 0 aliphatic carbocycles. The number of rotatable bonds is 4.